The highest BCUT2D eigenvalue weighted by atomic mass is 16.5. The highest BCUT2D eigenvalue weighted by Gasteiger charge is 2.24. The molecule has 1 fully saturated rings. The fraction of sp³-hybridized carbons (Fsp3) is 0.692. The zero-order valence-corrected chi connectivity index (χ0v) is 11.1. The van der Waals surface area contributed by atoms with Crippen LogP contribution in [-0.2, 0) is 0 Å². The first-order valence-electron chi connectivity index (χ1n) is 6.59. The minimum absolute atomic E-state index is 0.298. The van der Waals surface area contributed by atoms with Gasteiger partial charge in [0, 0.05) is 18.7 Å². The minimum atomic E-state index is 0.298. The third-order valence-electron chi connectivity index (χ3n) is 3.58. The van der Waals surface area contributed by atoms with E-state index in [0.29, 0.717) is 30.2 Å². The summed E-state index contributed by atoms with van der Waals surface area (Å²) in [6.45, 7) is 2.50. The van der Waals surface area contributed by atoms with Crippen LogP contribution < -0.4 is 15.8 Å². The summed E-state index contributed by atoms with van der Waals surface area (Å²) in [4.78, 5) is 8.56. The number of methoxy groups -OCH3 is 1. The van der Waals surface area contributed by atoms with Gasteiger partial charge in [0.2, 0.25) is 5.88 Å². The molecule has 1 aliphatic rings. The summed E-state index contributed by atoms with van der Waals surface area (Å²) in [6.07, 6.45) is 5.15. The van der Waals surface area contributed by atoms with Crippen molar-refractivity contribution in [2.24, 2.45) is 11.7 Å². The summed E-state index contributed by atoms with van der Waals surface area (Å²) in [7, 11) is 1.61. The molecule has 5 heteroatoms. The van der Waals surface area contributed by atoms with E-state index in [0.717, 1.165) is 5.82 Å². The van der Waals surface area contributed by atoms with Crippen LogP contribution in [0.15, 0.2) is 6.07 Å². The maximum absolute atomic E-state index is 5.87. The molecule has 1 atom stereocenters. The average molecular weight is 250 g/mol. The van der Waals surface area contributed by atoms with Crippen molar-refractivity contribution in [3.63, 3.8) is 0 Å². The SMILES string of the molecule is COc1cc(NC(CN)C2CCCC2)nc(C)n1. The topological polar surface area (TPSA) is 73.1 Å². The highest BCUT2D eigenvalue weighted by Crippen LogP contribution is 2.29. The highest BCUT2D eigenvalue weighted by molar-refractivity contribution is 5.39. The van der Waals surface area contributed by atoms with Crippen molar-refractivity contribution >= 4 is 5.82 Å². The molecule has 0 saturated heterocycles. The zero-order valence-electron chi connectivity index (χ0n) is 11.1. The summed E-state index contributed by atoms with van der Waals surface area (Å²) in [6, 6.07) is 2.12. The molecule has 0 aromatic carbocycles. The van der Waals surface area contributed by atoms with Crippen LogP contribution in [0.25, 0.3) is 0 Å². The Labute approximate surface area is 108 Å². The van der Waals surface area contributed by atoms with Crippen molar-refractivity contribution < 1.29 is 4.74 Å². The van der Waals surface area contributed by atoms with Crippen LogP contribution in [-0.4, -0.2) is 29.7 Å². The van der Waals surface area contributed by atoms with E-state index in [4.69, 9.17) is 10.5 Å². The second-order valence-corrected chi connectivity index (χ2v) is 4.87. The van der Waals surface area contributed by atoms with E-state index in [1.165, 1.54) is 25.7 Å². The van der Waals surface area contributed by atoms with E-state index >= 15 is 0 Å². The summed E-state index contributed by atoms with van der Waals surface area (Å²) < 4.78 is 5.15. The second kappa shape index (κ2) is 6.00. The molecule has 1 aliphatic carbocycles. The number of rotatable bonds is 5. The molecule has 5 nitrogen and oxygen atoms in total. The molecule has 1 aromatic heterocycles. The Hall–Kier alpha value is -1.36. The van der Waals surface area contributed by atoms with E-state index in [-0.39, 0.29) is 0 Å². The first-order chi connectivity index (χ1) is 8.72. The number of nitrogens with zero attached hydrogens (tertiary/aromatic N) is 2. The predicted octanol–water partition coefficient (Wildman–Crippen LogP) is 1.72. The van der Waals surface area contributed by atoms with Gasteiger partial charge in [-0.2, -0.15) is 4.98 Å². The average Bonchev–Trinajstić information content (AvgIpc) is 2.89. The Morgan fingerprint density at radius 2 is 2.17 bits per heavy atom. The van der Waals surface area contributed by atoms with Crippen LogP contribution in [0, 0.1) is 12.8 Å². The standard InChI is InChI=1S/C13H22N4O/c1-9-15-12(7-13(16-9)18-2)17-11(8-14)10-5-3-4-6-10/h7,10-11H,3-6,8,14H2,1-2H3,(H,15,16,17). The van der Waals surface area contributed by atoms with Gasteiger partial charge < -0.3 is 15.8 Å². The molecule has 2 rings (SSSR count). The van der Waals surface area contributed by atoms with Gasteiger partial charge in [-0.1, -0.05) is 12.8 Å². The lowest BCUT2D eigenvalue weighted by Gasteiger charge is -2.23. The molecule has 1 unspecified atom stereocenters. The number of anilines is 1. The predicted molar refractivity (Wildman–Crippen MR) is 71.7 cm³/mol. The number of aryl methyl sites for hydroxylation is 1. The first-order valence-corrected chi connectivity index (χ1v) is 6.59. The summed E-state index contributed by atoms with van der Waals surface area (Å²) in [5.41, 5.74) is 5.87. The van der Waals surface area contributed by atoms with Crippen LogP contribution in [0.2, 0.25) is 0 Å². The van der Waals surface area contributed by atoms with Gasteiger partial charge in [0.25, 0.3) is 0 Å². The van der Waals surface area contributed by atoms with Gasteiger partial charge in [-0.15, -0.1) is 0 Å². The van der Waals surface area contributed by atoms with Crippen molar-refractivity contribution in [2.75, 3.05) is 19.0 Å². The number of aromatic nitrogens is 2. The number of nitrogens with two attached hydrogens (primary N) is 1. The van der Waals surface area contributed by atoms with Crippen molar-refractivity contribution in [1.29, 1.82) is 0 Å². The summed E-state index contributed by atoms with van der Waals surface area (Å²) >= 11 is 0. The largest absolute Gasteiger partial charge is 0.481 e. The lowest BCUT2D eigenvalue weighted by Crippen LogP contribution is -2.35. The molecule has 0 spiro atoms. The maximum Gasteiger partial charge on any atom is 0.218 e. The normalized spacial score (nSPS) is 17.7. The lowest BCUT2D eigenvalue weighted by atomic mass is 9.98. The third kappa shape index (κ3) is 3.10. The first kappa shape index (κ1) is 13.1. The minimum Gasteiger partial charge on any atom is -0.481 e. The molecule has 0 amide bonds. The van der Waals surface area contributed by atoms with E-state index in [2.05, 4.69) is 15.3 Å². The molecule has 3 N–H and O–H groups in total. The molecule has 0 bridgehead atoms. The Balaban J connectivity index is 2.08. The Bertz CT molecular complexity index is 391. The van der Waals surface area contributed by atoms with Crippen molar-refractivity contribution in [3.8, 4) is 5.88 Å². The summed E-state index contributed by atoms with van der Waals surface area (Å²) in [5.74, 6) is 2.77. The van der Waals surface area contributed by atoms with Gasteiger partial charge in [0.1, 0.15) is 11.6 Å². The van der Waals surface area contributed by atoms with Gasteiger partial charge in [-0.3, -0.25) is 0 Å². The zero-order chi connectivity index (χ0) is 13.0. The monoisotopic (exact) mass is 250 g/mol. The van der Waals surface area contributed by atoms with Crippen molar-refractivity contribution in [1.82, 2.24) is 9.97 Å². The molecular weight excluding hydrogens is 228 g/mol. The molecule has 1 heterocycles. The number of hydrogen-bond acceptors (Lipinski definition) is 5. The van der Waals surface area contributed by atoms with Crippen LogP contribution in [0.4, 0.5) is 5.82 Å². The smallest absolute Gasteiger partial charge is 0.218 e. The molecule has 1 saturated carbocycles. The van der Waals surface area contributed by atoms with Gasteiger partial charge in [0.15, 0.2) is 0 Å². The van der Waals surface area contributed by atoms with E-state index < -0.39 is 0 Å². The van der Waals surface area contributed by atoms with Gasteiger partial charge in [-0.25, -0.2) is 4.98 Å². The Kier molecular flexibility index (Phi) is 4.36. The Morgan fingerprint density at radius 1 is 1.44 bits per heavy atom. The number of nitrogens with one attached hydrogen (secondary N) is 1. The molecule has 100 valence electrons. The van der Waals surface area contributed by atoms with Crippen LogP contribution in [0.5, 0.6) is 5.88 Å². The molecule has 0 aliphatic heterocycles. The lowest BCUT2D eigenvalue weighted by molar-refractivity contribution is 0.395. The van der Waals surface area contributed by atoms with Crippen LogP contribution >= 0.6 is 0 Å². The van der Waals surface area contributed by atoms with Crippen LogP contribution in [0.3, 0.4) is 0 Å². The van der Waals surface area contributed by atoms with Gasteiger partial charge in [-0.05, 0) is 25.7 Å². The van der Waals surface area contributed by atoms with E-state index in [1.54, 1.807) is 7.11 Å². The molecular formula is C13H22N4O. The van der Waals surface area contributed by atoms with E-state index in [9.17, 15) is 0 Å². The van der Waals surface area contributed by atoms with Crippen molar-refractivity contribution in [2.45, 2.75) is 38.6 Å². The fourth-order valence-electron chi connectivity index (χ4n) is 2.64. The quantitative estimate of drug-likeness (QED) is 0.832. The maximum atomic E-state index is 5.87. The van der Waals surface area contributed by atoms with Gasteiger partial charge in [0.05, 0.1) is 7.11 Å². The third-order valence-corrected chi connectivity index (χ3v) is 3.58. The Morgan fingerprint density at radius 3 is 2.78 bits per heavy atom. The van der Waals surface area contributed by atoms with E-state index in [1.807, 2.05) is 13.0 Å². The fourth-order valence-corrected chi connectivity index (χ4v) is 2.64. The summed E-state index contributed by atoms with van der Waals surface area (Å²) in [5, 5.41) is 3.43. The molecule has 18 heavy (non-hydrogen) atoms. The molecule has 0 radical (unpaired) electrons. The molecule has 1 aromatic rings. The van der Waals surface area contributed by atoms with Crippen LogP contribution in [0.1, 0.15) is 31.5 Å². The number of ether oxygens (including phenoxy) is 1. The van der Waals surface area contributed by atoms with Gasteiger partial charge >= 0.3 is 0 Å². The number of hydrogen-bond donors (Lipinski definition) is 2. The second-order valence-electron chi connectivity index (χ2n) is 4.87. The van der Waals surface area contributed by atoms with Crippen molar-refractivity contribution in [3.05, 3.63) is 11.9 Å².